The number of hydrogen-bond donors (Lipinski definition) is 1. The summed E-state index contributed by atoms with van der Waals surface area (Å²) in [5.41, 5.74) is 18.0. The Labute approximate surface area is 291 Å². The Bertz CT molecular complexity index is 2710. The number of hydrogen-bond acceptors (Lipinski definition) is 1. The molecule has 10 rings (SSSR count). The Hall–Kier alpha value is -6.64. The highest BCUT2D eigenvalue weighted by Crippen LogP contribution is 2.48. The molecule has 234 valence electrons. The smallest absolute Gasteiger partial charge is 0.0619 e. The maximum atomic E-state index is 3.66. The van der Waals surface area contributed by atoms with Gasteiger partial charge in [-0.2, -0.15) is 0 Å². The van der Waals surface area contributed by atoms with Crippen molar-refractivity contribution in [3.63, 3.8) is 0 Å². The molecule has 1 aromatic heterocycles. The normalized spacial score (nSPS) is 11.6. The van der Waals surface area contributed by atoms with E-state index in [4.69, 9.17) is 0 Å². The fourth-order valence-electron chi connectivity index (χ4n) is 7.79. The largest absolute Gasteiger partial charge is 0.355 e. The second-order valence-electron chi connectivity index (χ2n) is 13.0. The Morgan fingerprint density at radius 1 is 0.340 bits per heavy atom. The summed E-state index contributed by atoms with van der Waals surface area (Å²) in [7, 11) is 0. The van der Waals surface area contributed by atoms with Gasteiger partial charge in [0.15, 0.2) is 0 Å². The van der Waals surface area contributed by atoms with E-state index in [1.165, 1.54) is 83.1 Å². The zero-order chi connectivity index (χ0) is 33.0. The molecule has 9 aromatic rings. The Balaban J connectivity index is 1.18. The standard InChI is InChI=1S/C48H32N2/c1-4-13-32(14-5-1)34-24-27-46-43(30-34)39-20-11-10-19-38(39)40-21-12-22-41-44-31-36(25-28-47(44)50(46)48(40)41)35-23-26-45(49-37-17-8-3-9-18-37)42(29-35)33-15-6-2-7-16-33/h1-31,49H. The first kappa shape index (κ1) is 28.4. The molecule has 50 heavy (non-hydrogen) atoms. The van der Waals surface area contributed by atoms with Crippen LogP contribution in [-0.2, 0) is 0 Å². The van der Waals surface area contributed by atoms with E-state index in [1.807, 2.05) is 6.07 Å². The summed E-state index contributed by atoms with van der Waals surface area (Å²) < 4.78 is 2.50. The lowest BCUT2D eigenvalue weighted by Gasteiger charge is -2.16. The van der Waals surface area contributed by atoms with Gasteiger partial charge in [0.05, 0.1) is 16.7 Å². The van der Waals surface area contributed by atoms with Crippen LogP contribution in [0.25, 0.3) is 83.1 Å². The summed E-state index contributed by atoms with van der Waals surface area (Å²) in [5.74, 6) is 0. The molecule has 1 aliphatic heterocycles. The summed E-state index contributed by atoms with van der Waals surface area (Å²) in [6.45, 7) is 0. The molecule has 2 heterocycles. The molecule has 0 aliphatic carbocycles. The number of nitrogens with one attached hydrogen (secondary N) is 1. The Morgan fingerprint density at radius 3 is 1.70 bits per heavy atom. The van der Waals surface area contributed by atoms with Crippen molar-refractivity contribution in [1.29, 1.82) is 0 Å². The van der Waals surface area contributed by atoms with E-state index in [9.17, 15) is 0 Å². The van der Waals surface area contributed by atoms with Gasteiger partial charge in [0.25, 0.3) is 0 Å². The number of para-hydroxylation sites is 2. The van der Waals surface area contributed by atoms with Gasteiger partial charge in [-0.1, -0.05) is 140 Å². The Morgan fingerprint density at radius 2 is 0.920 bits per heavy atom. The fraction of sp³-hybridized carbons (Fsp3) is 0. The second kappa shape index (κ2) is 11.5. The molecule has 0 saturated carbocycles. The highest BCUT2D eigenvalue weighted by molar-refractivity contribution is 6.17. The van der Waals surface area contributed by atoms with Gasteiger partial charge in [-0.3, -0.25) is 0 Å². The number of benzene rings is 8. The van der Waals surface area contributed by atoms with Crippen molar-refractivity contribution >= 4 is 33.2 Å². The average Bonchev–Trinajstić information content (AvgIpc) is 3.46. The summed E-state index contributed by atoms with van der Waals surface area (Å²) in [6.07, 6.45) is 0. The van der Waals surface area contributed by atoms with Crippen LogP contribution in [0.1, 0.15) is 0 Å². The average molecular weight is 637 g/mol. The van der Waals surface area contributed by atoms with Crippen molar-refractivity contribution in [3.8, 4) is 61.3 Å². The molecule has 1 aliphatic rings. The van der Waals surface area contributed by atoms with Crippen LogP contribution in [0.2, 0.25) is 0 Å². The highest BCUT2D eigenvalue weighted by Gasteiger charge is 2.25. The minimum absolute atomic E-state index is 1.07. The van der Waals surface area contributed by atoms with E-state index in [-0.39, 0.29) is 0 Å². The second-order valence-corrected chi connectivity index (χ2v) is 13.0. The third-order valence-corrected chi connectivity index (χ3v) is 10.1. The zero-order valence-corrected chi connectivity index (χ0v) is 27.3. The van der Waals surface area contributed by atoms with E-state index in [2.05, 4.69) is 192 Å². The SMILES string of the molecule is c1ccc(Nc2ccc(-c3ccc4c(c3)c3cccc5c3n4-c3ccc(-c4ccccc4)cc3-c3ccccc3-5)cc2-c2ccccc2)cc1. The van der Waals surface area contributed by atoms with Crippen molar-refractivity contribution in [2.24, 2.45) is 0 Å². The molecule has 0 fully saturated rings. The predicted octanol–water partition coefficient (Wildman–Crippen LogP) is 13.2. The van der Waals surface area contributed by atoms with Gasteiger partial charge in [-0.05, 0) is 87.5 Å². The summed E-state index contributed by atoms with van der Waals surface area (Å²) >= 11 is 0. The van der Waals surface area contributed by atoms with Crippen LogP contribution in [-0.4, -0.2) is 4.57 Å². The molecule has 1 N–H and O–H groups in total. The molecular weight excluding hydrogens is 605 g/mol. The molecule has 0 saturated heterocycles. The first-order chi connectivity index (χ1) is 24.8. The lowest BCUT2D eigenvalue weighted by molar-refractivity contribution is 1.19. The van der Waals surface area contributed by atoms with Gasteiger partial charge in [0, 0.05) is 38.8 Å². The van der Waals surface area contributed by atoms with E-state index in [0.717, 1.165) is 11.4 Å². The van der Waals surface area contributed by atoms with E-state index in [0.29, 0.717) is 0 Å². The third-order valence-electron chi connectivity index (χ3n) is 10.1. The molecule has 0 bridgehead atoms. The predicted molar refractivity (Wildman–Crippen MR) is 211 cm³/mol. The van der Waals surface area contributed by atoms with Crippen molar-refractivity contribution in [2.75, 3.05) is 5.32 Å². The number of rotatable bonds is 5. The monoisotopic (exact) mass is 636 g/mol. The van der Waals surface area contributed by atoms with Crippen LogP contribution in [0.5, 0.6) is 0 Å². The van der Waals surface area contributed by atoms with Crippen LogP contribution >= 0.6 is 0 Å². The number of fused-ring (bicyclic) bond motifs is 8. The van der Waals surface area contributed by atoms with Gasteiger partial charge in [0.1, 0.15) is 0 Å². The van der Waals surface area contributed by atoms with Crippen LogP contribution in [0.15, 0.2) is 188 Å². The Kier molecular flexibility index (Phi) is 6.53. The third kappa shape index (κ3) is 4.57. The highest BCUT2D eigenvalue weighted by atomic mass is 15.0. The number of nitrogens with zero attached hydrogens (tertiary/aromatic N) is 1. The molecule has 8 aromatic carbocycles. The van der Waals surface area contributed by atoms with E-state index >= 15 is 0 Å². The molecule has 2 nitrogen and oxygen atoms in total. The van der Waals surface area contributed by atoms with Crippen LogP contribution in [0.3, 0.4) is 0 Å². The maximum absolute atomic E-state index is 3.66. The molecule has 0 amide bonds. The fourth-order valence-corrected chi connectivity index (χ4v) is 7.79. The first-order valence-corrected chi connectivity index (χ1v) is 17.2. The van der Waals surface area contributed by atoms with Gasteiger partial charge in [-0.15, -0.1) is 0 Å². The minimum atomic E-state index is 1.07. The van der Waals surface area contributed by atoms with Crippen molar-refractivity contribution in [2.45, 2.75) is 0 Å². The lowest BCUT2D eigenvalue weighted by Crippen LogP contribution is -1.96. The van der Waals surface area contributed by atoms with Crippen LogP contribution in [0.4, 0.5) is 11.4 Å². The molecule has 0 unspecified atom stereocenters. The van der Waals surface area contributed by atoms with Gasteiger partial charge < -0.3 is 9.88 Å². The van der Waals surface area contributed by atoms with E-state index in [1.54, 1.807) is 0 Å². The zero-order valence-electron chi connectivity index (χ0n) is 27.3. The van der Waals surface area contributed by atoms with Gasteiger partial charge in [0.2, 0.25) is 0 Å². The number of aromatic nitrogens is 1. The molecule has 0 radical (unpaired) electrons. The summed E-state index contributed by atoms with van der Waals surface area (Å²) in [5, 5.41) is 6.18. The van der Waals surface area contributed by atoms with Crippen molar-refractivity contribution in [1.82, 2.24) is 4.57 Å². The van der Waals surface area contributed by atoms with Crippen LogP contribution in [0, 0.1) is 0 Å². The quantitative estimate of drug-likeness (QED) is 0.199. The number of anilines is 2. The molecule has 0 atom stereocenters. The molecule has 2 heteroatoms. The topological polar surface area (TPSA) is 17.0 Å². The van der Waals surface area contributed by atoms with Crippen molar-refractivity contribution < 1.29 is 0 Å². The van der Waals surface area contributed by atoms with Crippen molar-refractivity contribution in [3.05, 3.63) is 188 Å². The van der Waals surface area contributed by atoms with E-state index < -0.39 is 0 Å². The maximum Gasteiger partial charge on any atom is 0.0619 e. The molecule has 0 spiro atoms. The summed E-state index contributed by atoms with van der Waals surface area (Å²) in [6, 6.07) is 68.1. The summed E-state index contributed by atoms with van der Waals surface area (Å²) in [4.78, 5) is 0. The molecular formula is C48H32N2. The minimum Gasteiger partial charge on any atom is -0.355 e. The first-order valence-electron chi connectivity index (χ1n) is 17.2. The van der Waals surface area contributed by atoms with Gasteiger partial charge >= 0.3 is 0 Å². The van der Waals surface area contributed by atoms with Gasteiger partial charge in [-0.25, -0.2) is 0 Å². The lowest BCUT2D eigenvalue weighted by atomic mass is 9.91. The van der Waals surface area contributed by atoms with Crippen LogP contribution < -0.4 is 5.32 Å².